The summed E-state index contributed by atoms with van der Waals surface area (Å²) in [7, 11) is 1.82. The molecule has 4 nitrogen and oxygen atoms in total. The number of ether oxygens (including phenoxy) is 2. The molecule has 0 saturated carbocycles. The van der Waals surface area contributed by atoms with Crippen LogP contribution in [0.25, 0.3) is 0 Å². The van der Waals surface area contributed by atoms with Crippen LogP contribution in [-0.4, -0.2) is 74.5 Å². The lowest BCUT2D eigenvalue weighted by Gasteiger charge is -2.26. The van der Waals surface area contributed by atoms with Crippen molar-refractivity contribution >= 4 is 0 Å². The van der Waals surface area contributed by atoms with Gasteiger partial charge in [0.2, 0.25) is 0 Å². The first-order chi connectivity index (χ1) is 11.5. The van der Waals surface area contributed by atoms with Crippen LogP contribution < -0.4 is 0 Å². The van der Waals surface area contributed by atoms with Crippen molar-refractivity contribution in [2.24, 2.45) is 11.8 Å². The largest absolute Gasteiger partial charge is 0.384 e. The van der Waals surface area contributed by atoms with Gasteiger partial charge in [-0.05, 0) is 78.3 Å². The Balaban J connectivity index is 1.57. The van der Waals surface area contributed by atoms with Crippen LogP contribution in [0.2, 0.25) is 0 Å². The Morgan fingerprint density at radius 1 is 0.875 bits per heavy atom. The van der Waals surface area contributed by atoms with Gasteiger partial charge in [0, 0.05) is 32.3 Å². The highest BCUT2D eigenvalue weighted by Crippen LogP contribution is 2.22. The second-order valence-corrected chi connectivity index (χ2v) is 8.42. The summed E-state index contributed by atoms with van der Waals surface area (Å²) in [6.07, 6.45) is 5.39. The molecule has 0 radical (unpaired) electrons. The molecule has 0 aromatic carbocycles. The summed E-state index contributed by atoms with van der Waals surface area (Å²) in [5, 5.41) is 0. The van der Waals surface area contributed by atoms with E-state index < -0.39 is 0 Å². The van der Waals surface area contributed by atoms with Crippen molar-refractivity contribution in [1.29, 1.82) is 0 Å². The molecule has 0 aliphatic carbocycles. The highest BCUT2D eigenvalue weighted by Gasteiger charge is 2.27. The molecule has 4 heteroatoms. The molecule has 2 heterocycles. The van der Waals surface area contributed by atoms with Gasteiger partial charge in [-0.3, -0.25) is 0 Å². The van der Waals surface area contributed by atoms with E-state index in [2.05, 4.69) is 37.5 Å². The van der Waals surface area contributed by atoms with Crippen LogP contribution in [0.4, 0.5) is 0 Å². The molecule has 2 aliphatic rings. The summed E-state index contributed by atoms with van der Waals surface area (Å²) in [6.45, 7) is 16.0. The average molecular weight is 341 g/mol. The first kappa shape index (κ1) is 20.2. The molecule has 4 unspecified atom stereocenters. The zero-order valence-corrected chi connectivity index (χ0v) is 16.7. The van der Waals surface area contributed by atoms with Gasteiger partial charge in [0.05, 0.1) is 19.3 Å². The molecule has 24 heavy (non-hydrogen) atoms. The van der Waals surface area contributed by atoms with E-state index in [9.17, 15) is 0 Å². The Kier molecular flexibility index (Phi) is 8.48. The minimum absolute atomic E-state index is 0.387. The minimum atomic E-state index is 0.387. The lowest BCUT2D eigenvalue weighted by Crippen LogP contribution is -2.32. The summed E-state index contributed by atoms with van der Waals surface area (Å²) < 4.78 is 11.5. The summed E-state index contributed by atoms with van der Waals surface area (Å²) in [4.78, 5) is 5.21. The molecule has 0 amide bonds. The Morgan fingerprint density at radius 3 is 2.12 bits per heavy atom. The Hall–Kier alpha value is -0.160. The van der Waals surface area contributed by atoms with E-state index in [4.69, 9.17) is 9.47 Å². The van der Waals surface area contributed by atoms with Gasteiger partial charge < -0.3 is 19.3 Å². The minimum Gasteiger partial charge on any atom is -0.384 e. The Labute approximate surface area is 149 Å². The van der Waals surface area contributed by atoms with Gasteiger partial charge in [0.15, 0.2) is 0 Å². The first-order valence-corrected chi connectivity index (χ1v) is 10.1. The van der Waals surface area contributed by atoms with E-state index in [0.29, 0.717) is 18.2 Å². The number of nitrogens with zero attached hydrogens (tertiary/aromatic N) is 2. The van der Waals surface area contributed by atoms with Crippen molar-refractivity contribution in [3.05, 3.63) is 0 Å². The lowest BCUT2D eigenvalue weighted by atomic mass is 10.1. The molecule has 0 aromatic rings. The van der Waals surface area contributed by atoms with Gasteiger partial charge in [0.25, 0.3) is 0 Å². The topological polar surface area (TPSA) is 24.9 Å². The van der Waals surface area contributed by atoms with Gasteiger partial charge in [0.1, 0.15) is 0 Å². The molecule has 2 rings (SSSR count). The van der Waals surface area contributed by atoms with E-state index in [1.807, 2.05) is 7.11 Å². The number of hydrogen-bond donors (Lipinski definition) is 0. The maximum Gasteiger partial charge on any atom is 0.0547 e. The SMILES string of the molecule is COCC1CCN(C(C)CCC(C)OCC2CCN(C(C)C)C2)C1. The third kappa shape index (κ3) is 6.29. The standard InChI is InChI=1S/C20H40N2O2/c1-16(2)21-10-8-20(12-21)15-24-18(4)7-6-17(3)22-11-9-19(13-22)14-23-5/h16-20H,6-15H2,1-5H3. The Morgan fingerprint density at radius 2 is 1.50 bits per heavy atom. The van der Waals surface area contributed by atoms with Crippen LogP contribution in [0.1, 0.15) is 53.4 Å². The van der Waals surface area contributed by atoms with E-state index in [1.54, 1.807) is 0 Å². The fourth-order valence-corrected chi connectivity index (χ4v) is 4.14. The molecular weight excluding hydrogens is 300 g/mol. The van der Waals surface area contributed by atoms with Gasteiger partial charge >= 0.3 is 0 Å². The predicted octanol–water partition coefficient (Wildman–Crippen LogP) is 3.26. The summed E-state index contributed by atoms with van der Waals surface area (Å²) in [6, 6.07) is 1.34. The molecule has 0 N–H and O–H groups in total. The summed E-state index contributed by atoms with van der Waals surface area (Å²) in [5.41, 5.74) is 0. The van der Waals surface area contributed by atoms with Crippen LogP contribution in [0, 0.1) is 11.8 Å². The first-order valence-electron chi connectivity index (χ1n) is 10.1. The van der Waals surface area contributed by atoms with Crippen molar-refractivity contribution in [3.8, 4) is 0 Å². The van der Waals surface area contributed by atoms with Crippen LogP contribution in [0.15, 0.2) is 0 Å². The number of methoxy groups -OCH3 is 1. The number of hydrogen-bond acceptors (Lipinski definition) is 4. The van der Waals surface area contributed by atoms with Crippen LogP contribution in [-0.2, 0) is 9.47 Å². The number of rotatable bonds is 10. The van der Waals surface area contributed by atoms with E-state index in [0.717, 1.165) is 25.0 Å². The number of likely N-dealkylation sites (tertiary alicyclic amines) is 2. The molecule has 0 spiro atoms. The second kappa shape index (κ2) is 10.1. The smallest absolute Gasteiger partial charge is 0.0547 e. The fourth-order valence-electron chi connectivity index (χ4n) is 4.14. The maximum atomic E-state index is 6.16. The van der Waals surface area contributed by atoms with Crippen molar-refractivity contribution in [2.75, 3.05) is 46.5 Å². The molecule has 142 valence electrons. The van der Waals surface area contributed by atoms with Crippen LogP contribution in [0.5, 0.6) is 0 Å². The fraction of sp³-hybridized carbons (Fsp3) is 1.00. The van der Waals surface area contributed by atoms with Gasteiger partial charge in [-0.15, -0.1) is 0 Å². The molecule has 2 aliphatic heterocycles. The van der Waals surface area contributed by atoms with Crippen molar-refractivity contribution in [3.63, 3.8) is 0 Å². The van der Waals surface area contributed by atoms with E-state index in [1.165, 1.54) is 51.9 Å². The van der Waals surface area contributed by atoms with Gasteiger partial charge in [-0.2, -0.15) is 0 Å². The summed E-state index contributed by atoms with van der Waals surface area (Å²) in [5.74, 6) is 1.47. The average Bonchev–Trinajstić information content (AvgIpc) is 3.20. The monoisotopic (exact) mass is 340 g/mol. The third-order valence-corrected chi connectivity index (χ3v) is 6.00. The highest BCUT2D eigenvalue weighted by atomic mass is 16.5. The van der Waals surface area contributed by atoms with Crippen molar-refractivity contribution in [2.45, 2.75) is 71.6 Å². The van der Waals surface area contributed by atoms with Crippen molar-refractivity contribution in [1.82, 2.24) is 9.80 Å². The molecule has 2 fully saturated rings. The van der Waals surface area contributed by atoms with Gasteiger partial charge in [-0.1, -0.05) is 0 Å². The molecule has 4 atom stereocenters. The summed E-state index contributed by atoms with van der Waals surface area (Å²) >= 11 is 0. The predicted molar refractivity (Wildman–Crippen MR) is 100 cm³/mol. The lowest BCUT2D eigenvalue weighted by molar-refractivity contribution is 0.0309. The van der Waals surface area contributed by atoms with Crippen LogP contribution in [0.3, 0.4) is 0 Å². The second-order valence-electron chi connectivity index (χ2n) is 8.42. The molecular formula is C20H40N2O2. The molecule has 0 aromatic heterocycles. The highest BCUT2D eigenvalue weighted by molar-refractivity contribution is 4.80. The zero-order chi connectivity index (χ0) is 17.5. The van der Waals surface area contributed by atoms with Gasteiger partial charge in [-0.25, -0.2) is 0 Å². The zero-order valence-electron chi connectivity index (χ0n) is 16.7. The third-order valence-electron chi connectivity index (χ3n) is 6.00. The normalized spacial score (nSPS) is 28.8. The maximum absolute atomic E-state index is 6.16. The quantitative estimate of drug-likeness (QED) is 0.609. The van der Waals surface area contributed by atoms with Crippen molar-refractivity contribution < 1.29 is 9.47 Å². The molecule has 2 saturated heterocycles. The van der Waals surface area contributed by atoms with E-state index >= 15 is 0 Å². The van der Waals surface area contributed by atoms with Crippen LogP contribution >= 0.6 is 0 Å². The molecule has 0 bridgehead atoms. The van der Waals surface area contributed by atoms with E-state index in [-0.39, 0.29) is 0 Å². The Bertz CT molecular complexity index is 351.